The van der Waals surface area contributed by atoms with Gasteiger partial charge in [0, 0.05) is 12.8 Å². The van der Waals surface area contributed by atoms with Gasteiger partial charge in [0.15, 0.2) is 23.4 Å². The fourth-order valence-corrected chi connectivity index (χ4v) is 7.76. The number of hydrogen-bond donors (Lipinski definition) is 7. The molecule has 45 heavy (non-hydrogen) atoms. The molecule has 7 rings (SSSR count). The van der Waals surface area contributed by atoms with Crippen molar-refractivity contribution in [2.75, 3.05) is 24.3 Å². The summed E-state index contributed by atoms with van der Waals surface area (Å²) in [4.78, 5) is 52.1. The van der Waals surface area contributed by atoms with Gasteiger partial charge in [-0.1, -0.05) is 0 Å². The Hall–Kier alpha value is -3.27. The topological polar surface area (TPSA) is 308 Å². The Bertz CT molecular complexity index is 1850. The molecule has 0 amide bonds. The van der Waals surface area contributed by atoms with E-state index in [0.717, 1.165) is 0 Å². The van der Waals surface area contributed by atoms with Crippen LogP contribution in [0.5, 0.6) is 0 Å². The number of phosphoric acid groups is 2. The molecule has 5 unspecified atom stereocenters. The number of fused-ring (bicyclic) bond motifs is 4. The number of nitrogens with zero attached hydrogens (tertiary/aromatic N) is 6. The second kappa shape index (κ2) is 10.6. The van der Waals surface area contributed by atoms with Crippen LogP contribution >= 0.6 is 15.6 Å². The highest BCUT2D eigenvalue weighted by Crippen LogP contribution is 2.56. The summed E-state index contributed by atoms with van der Waals surface area (Å²) in [6, 6.07) is 0. The van der Waals surface area contributed by atoms with Crippen LogP contribution < -0.4 is 22.3 Å². The van der Waals surface area contributed by atoms with Crippen LogP contribution in [0.15, 0.2) is 22.4 Å². The monoisotopic (exact) mass is 674 g/mol. The van der Waals surface area contributed by atoms with Crippen LogP contribution in [0.2, 0.25) is 0 Å². The van der Waals surface area contributed by atoms with Gasteiger partial charge < -0.3 is 41.2 Å². The maximum Gasteiger partial charge on any atom is 0.472 e. The van der Waals surface area contributed by atoms with Crippen molar-refractivity contribution in [3.63, 3.8) is 0 Å². The quantitative estimate of drug-likeness (QED) is 0.165. The van der Waals surface area contributed by atoms with E-state index in [1.165, 1.54) is 28.7 Å². The molecule has 3 saturated heterocycles. The molecule has 9 N–H and O–H groups in total. The minimum Gasteiger partial charge on any atom is -0.370 e. The number of phosphoric ester groups is 2. The zero-order valence-electron chi connectivity index (χ0n) is 23.2. The number of aliphatic hydroxyl groups is 1. The lowest BCUT2D eigenvalue weighted by atomic mass is 9.98. The SMILES string of the molecule is C[C@]12CC(n3cnc4c(=O)[nH]c(N)nc43)O[C@@H]1COP(=O)(O)O[C@H]1CC(n3cnc4c3NC(N)=NC4O)O[C@@H]1COP(=O)(O)O2. The Morgan fingerprint density at radius 1 is 1.04 bits per heavy atom. The van der Waals surface area contributed by atoms with E-state index in [1.54, 1.807) is 0 Å². The number of aromatic nitrogens is 6. The average Bonchev–Trinajstić information content (AvgIpc) is 3.70. The normalized spacial score (nSPS) is 38.8. The molecule has 0 saturated carbocycles. The van der Waals surface area contributed by atoms with Gasteiger partial charge in [0.1, 0.15) is 47.9 Å². The van der Waals surface area contributed by atoms with Crippen molar-refractivity contribution >= 4 is 44.5 Å². The Morgan fingerprint density at radius 3 is 2.60 bits per heavy atom. The molecule has 4 aliphatic heterocycles. The molecular weight excluding hydrogens is 646 g/mol. The predicted octanol–water partition coefficient (Wildman–Crippen LogP) is -0.687. The molecule has 0 spiro atoms. The number of nitrogens with two attached hydrogens (primary N) is 2. The number of aliphatic imine (C=N–C) groups is 1. The Kier molecular flexibility index (Phi) is 7.19. The number of H-pyrrole nitrogens is 1. The molecule has 22 nitrogen and oxygen atoms in total. The number of nitrogens with one attached hydrogen (secondary N) is 2. The van der Waals surface area contributed by atoms with Gasteiger partial charge in [-0.3, -0.25) is 37.0 Å². The zero-order chi connectivity index (χ0) is 31.9. The van der Waals surface area contributed by atoms with E-state index in [1.807, 2.05) is 0 Å². The summed E-state index contributed by atoms with van der Waals surface area (Å²) in [6.07, 6.45) is -4.38. The fraction of sp³-hybridized carbons (Fsp3) is 0.571. The van der Waals surface area contributed by atoms with Crippen molar-refractivity contribution in [1.82, 2.24) is 29.1 Å². The number of anilines is 2. The Morgan fingerprint density at radius 2 is 1.80 bits per heavy atom. The summed E-state index contributed by atoms with van der Waals surface area (Å²) >= 11 is 0. The van der Waals surface area contributed by atoms with E-state index in [9.17, 15) is 28.8 Å². The number of nitrogen functional groups attached to an aromatic ring is 1. The van der Waals surface area contributed by atoms with Crippen molar-refractivity contribution in [3.05, 3.63) is 28.7 Å². The van der Waals surface area contributed by atoms with Gasteiger partial charge in [-0.15, -0.1) is 0 Å². The summed E-state index contributed by atoms with van der Waals surface area (Å²) < 4.78 is 62.9. The first-order valence-electron chi connectivity index (χ1n) is 13.4. The third-order valence-electron chi connectivity index (χ3n) is 7.79. The highest BCUT2D eigenvalue weighted by atomic mass is 31.2. The van der Waals surface area contributed by atoms with Gasteiger partial charge in [0.25, 0.3) is 5.56 Å². The van der Waals surface area contributed by atoms with E-state index in [0.29, 0.717) is 0 Å². The third kappa shape index (κ3) is 5.57. The van der Waals surface area contributed by atoms with Gasteiger partial charge in [0.2, 0.25) is 5.95 Å². The molecule has 3 aromatic rings. The number of hydrogen-bond acceptors (Lipinski definition) is 17. The van der Waals surface area contributed by atoms with Crippen molar-refractivity contribution in [2.24, 2.45) is 10.7 Å². The Balaban J connectivity index is 1.14. The molecule has 244 valence electrons. The lowest BCUT2D eigenvalue weighted by molar-refractivity contribution is -0.0874. The van der Waals surface area contributed by atoms with Crippen LogP contribution in [0, 0.1) is 0 Å². The van der Waals surface area contributed by atoms with Crippen molar-refractivity contribution in [1.29, 1.82) is 0 Å². The van der Waals surface area contributed by atoms with Gasteiger partial charge in [-0.05, 0) is 6.92 Å². The Labute approximate surface area is 251 Å². The van der Waals surface area contributed by atoms with Crippen LogP contribution in [-0.2, 0) is 36.7 Å². The number of rotatable bonds is 2. The minimum absolute atomic E-state index is 0.0324. The van der Waals surface area contributed by atoms with E-state index in [-0.39, 0.29) is 47.4 Å². The minimum atomic E-state index is -4.85. The largest absolute Gasteiger partial charge is 0.472 e. The van der Waals surface area contributed by atoms with Crippen LogP contribution in [0.4, 0.5) is 11.8 Å². The number of aromatic amines is 1. The molecule has 0 aliphatic carbocycles. The summed E-state index contributed by atoms with van der Waals surface area (Å²) in [5.74, 6) is 0.00981. The van der Waals surface area contributed by atoms with E-state index >= 15 is 0 Å². The molecular formula is C21H28N10O12P2. The number of ether oxygens (including phenoxy) is 2. The highest BCUT2D eigenvalue weighted by Gasteiger charge is 2.53. The van der Waals surface area contributed by atoms with Crippen molar-refractivity contribution in [2.45, 2.75) is 62.4 Å². The molecule has 9 atom stereocenters. The number of imidazole rings is 2. The predicted molar refractivity (Wildman–Crippen MR) is 148 cm³/mol. The van der Waals surface area contributed by atoms with E-state index in [2.05, 4.69) is 30.2 Å². The smallest absolute Gasteiger partial charge is 0.370 e. The molecule has 0 radical (unpaired) electrons. The highest BCUT2D eigenvalue weighted by molar-refractivity contribution is 7.47. The van der Waals surface area contributed by atoms with Crippen LogP contribution in [0.1, 0.15) is 44.1 Å². The van der Waals surface area contributed by atoms with Crippen molar-refractivity contribution < 1.29 is 51.6 Å². The number of guanidine groups is 1. The summed E-state index contributed by atoms with van der Waals surface area (Å²) in [6.45, 7) is 0.203. The fourth-order valence-electron chi connectivity index (χ4n) is 5.70. The molecule has 7 heterocycles. The second-order valence-electron chi connectivity index (χ2n) is 10.9. The summed E-state index contributed by atoms with van der Waals surface area (Å²) in [5.41, 5.74) is 9.39. The first-order chi connectivity index (χ1) is 21.2. The molecule has 3 fully saturated rings. The first kappa shape index (κ1) is 30.4. The molecule has 3 aromatic heterocycles. The van der Waals surface area contributed by atoms with Crippen LogP contribution in [0.25, 0.3) is 11.2 Å². The van der Waals surface area contributed by atoms with Crippen LogP contribution in [0.3, 0.4) is 0 Å². The standard InChI is InChI=1S/C21H28N10O12P2/c1-21-3-12(31-7-25-14-16(31)27-20(23)29-18(14)33)41-10(21)5-39-44(34,35)42-8-2-11(40-9(8)4-38-45(36,37)43-21)30-6-24-13-15(30)26-19(22)28-17(13)32/h6-12,17,32H,2-5H2,1H3,(H,34,35)(H,36,37)(H3,22,26,28)(H3,23,27,29,33)/t8-,9+,10+,11?,12?,17?,21-/m0/s1. The average molecular weight is 674 g/mol. The lowest BCUT2D eigenvalue weighted by Gasteiger charge is -2.32. The second-order valence-corrected chi connectivity index (χ2v) is 13.7. The van der Waals surface area contributed by atoms with Gasteiger partial charge in [-0.25, -0.2) is 24.1 Å². The molecule has 0 aromatic carbocycles. The van der Waals surface area contributed by atoms with Gasteiger partial charge in [-0.2, -0.15) is 4.98 Å². The first-order valence-corrected chi connectivity index (χ1v) is 16.4. The van der Waals surface area contributed by atoms with Gasteiger partial charge in [0.05, 0.1) is 25.9 Å². The summed E-state index contributed by atoms with van der Waals surface area (Å²) in [5, 5.41) is 13.0. The summed E-state index contributed by atoms with van der Waals surface area (Å²) in [7, 11) is -9.67. The maximum atomic E-state index is 13.2. The van der Waals surface area contributed by atoms with Crippen LogP contribution in [-0.4, -0.2) is 87.0 Å². The third-order valence-corrected chi connectivity index (χ3v) is 9.93. The maximum absolute atomic E-state index is 13.2. The zero-order valence-corrected chi connectivity index (χ0v) is 25.0. The molecule has 0 bridgehead atoms. The molecule has 24 heteroatoms. The van der Waals surface area contributed by atoms with E-state index < -0.39 is 77.0 Å². The van der Waals surface area contributed by atoms with Crippen molar-refractivity contribution in [3.8, 4) is 0 Å². The van der Waals surface area contributed by atoms with Gasteiger partial charge >= 0.3 is 15.6 Å². The number of aliphatic hydroxyl groups excluding tert-OH is 1. The van der Waals surface area contributed by atoms with E-state index in [4.69, 9.17) is 39.0 Å². The lowest BCUT2D eigenvalue weighted by Crippen LogP contribution is -2.41. The molecule has 4 aliphatic rings.